The average molecular weight is 249 g/mol. The summed E-state index contributed by atoms with van der Waals surface area (Å²) in [6, 6.07) is 7.36. The number of phenols is 1. The molecule has 0 heterocycles. The molecule has 0 aliphatic heterocycles. The number of rotatable bonds is 6. The molecule has 98 valence electrons. The Kier molecular flexibility index (Phi) is 4.20. The smallest absolute Gasteiger partial charge is 0.223 e. The molecular weight excluding hydrogens is 230 g/mol. The molecule has 2 rings (SSSR count). The van der Waals surface area contributed by atoms with Gasteiger partial charge in [0.25, 0.3) is 0 Å². The molecule has 0 bridgehead atoms. The SMILES string of the molecule is O=C(CCCO)N(Cc1cccc(O)c1)C1CC1. The van der Waals surface area contributed by atoms with Crippen LogP contribution in [-0.2, 0) is 11.3 Å². The summed E-state index contributed by atoms with van der Waals surface area (Å²) < 4.78 is 0. The Morgan fingerprint density at radius 2 is 2.17 bits per heavy atom. The first-order valence-corrected chi connectivity index (χ1v) is 6.39. The number of aromatic hydroxyl groups is 1. The van der Waals surface area contributed by atoms with E-state index in [-0.39, 0.29) is 18.3 Å². The van der Waals surface area contributed by atoms with E-state index in [2.05, 4.69) is 0 Å². The Hall–Kier alpha value is -1.55. The van der Waals surface area contributed by atoms with Crippen LogP contribution in [0.3, 0.4) is 0 Å². The van der Waals surface area contributed by atoms with Crippen LogP contribution in [0.2, 0.25) is 0 Å². The molecule has 0 spiro atoms. The molecule has 0 atom stereocenters. The van der Waals surface area contributed by atoms with Gasteiger partial charge in [0.1, 0.15) is 5.75 Å². The average Bonchev–Trinajstić information content (AvgIpc) is 3.17. The zero-order valence-corrected chi connectivity index (χ0v) is 10.4. The van der Waals surface area contributed by atoms with Gasteiger partial charge in [-0.15, -0.1) is 0 Å². The van der Waals surface area contributed by atoms with Gasteiger partial charge in [0, 0.05) is 25.6 Å². The number of nitrogens with zero attached hydrogens (tertiary/aromatic N) is 1. The topological polar surface area (TPSA) is 60.8 Å². The molecule has 18 heavy (non-hydrogen) atoms. The zero-order valence-electron chi connectivity index (χ0n) is 10.4. The van der Waals surface area contributed by atoms with Crippen molar-refractivity contribution in [2.24, 2.45) is 0 Å². The van der Waals surface area contributed by atoms with Crippen LogP contribution in [0.25, 0.3) is 0 Å². The predicted molar refractivity (Wildman–Crippen MR) is 68.0 cm³/mol. The van der Waals surface area contributed by atoms with Crippen molar-refractivity contribution in [1.29, 1.82) is 0 Å². The summed E-state index contributed by atoms with van der Waals surface area (Å²) in [6.07, 6.45) is 3.03. The van der Waals surface area contributed by atoms with Gasteiger partial charge in [0.15, 0.2) is 0 Å². The lowest BCUT2D eigenvalue weighted by molar-refractivity contribution is -0.132. The van der Waals surface area contributed by atoms with Crippen LogP contribution in [0, 0.1) is 0 Å². The van der Waals surface area contributed by atoms with Crippen molar-refractivity contribution in [2.75, 3.05) is 6.61 Å². The van der Waals surface area contributed by atoms with Crippen molar-refractivity contribution >= 4 is 5.91 Å². The monoisotopic (exact) mass is 249 g/mol. The van der Waals surface area contributed by atoms with E-state index in [0.717, 1.165) is 18.4 Å². The van der Waals surface area contributed by atoms with E-state index in [1.54, 1.807) is 18.2 Å². The lowest BCUT2D eigenvalue weighted by atomic mass is 10.2. The lowest BCUT2D eigenvalue weighted by Crippen LogP contribution is -2.32. The zero-order chi connectivity index (χ0) is 13.0. The molecule has 1 aromatic carbocycles. The van der Waals surface area contributed by atoms with E-state index in [1.807, 2.05) is 11.0 Å². The van der Waals surface area contributed by atoms with Gasteiger partial charge in [-0.2, -0.15) is 0 Å². The summed E-state index contributed by atoms with van der Waals surface area (Å²) in [4.78, 5) is 13.9. The maximum absolute atomic E-state index is 12.0. The Balaban J connectivity index is 2.00. The number of aliphatic hydroxyl groups excluding tert-OH is 1. The highest BCUT2D eigenvalue weighted by Gasteiger charge is 2.32. The van der Waals surface area contributed by atoms with Crippen LogP contribution in [-0.4, -0.2) is 33.7 Å². The predicted octanol–water partition coefficient (Wildman–Crippen LogP) is 1.66. The minimum atomic E-state index is 0.0520. The van der Waals surface area contributed by atoms with Gasteiger partial charge < -0.3 is 15.1 Å². The van der Waals surface area contributed by atoms with Gasteiger partial charge in [-0.25, -0.2) is 0 Å². The Morgan fingerprint density at radius 1 is 1.39 bits per heavy atom. The van der Waals surface area contributed by atoms with Gasteiger partial charge in [0.05, 0.1) is 0 Å². The number of hydrogen-bond acceptors (Lipinski definition) is 3. The summed E-state index contributed by atoms with van der Waals surface area (Å²) in [5.41, 5.74) is 0.944. The van der Waals surface area contributed by atoms with Crippen molar-refractivity contribution in [1.82, 2.24) is 4.90 Å². The van der Waals surface area contributed by atoms with Crippen molar-refractivity contribution in [2.45, 2.75) is 38.3 Å². The molecule has 1 amide bonds. The normalized spacial score (nSPS) is 14.5. The van der Waals surface area contributed by atoms with Gasteiger partial charge in [0.2, 0.25) is 5.91 Å². The molecule has 4 heteroatoms. The number of carbonyl (C=O) groups is 1. The van der Waals surface area contributed by atoms with Crippen LogP contribution < -0.4 is 0 Å². The lowest BCUT2D eigenvalue weighted by Gasteiger charge is -2.22. The maximum Gasteiger partial charge on any atom is 0.223 e. The fraction of sp³-hybridized carbons (Fsp3) is 0.500. The maximum atomic E-state index is 12.0. The summed E-state index contributed by atoms with van der Waals surface area (Å²) >= 11 is 0. The molecule has 1 fully saturated rings. The second kappa shape index (κ2) is 5.87. The van der Waals surface area contributed by atoms with Crippen molar-refractivity contribution < 1.29 is 15.0 Å². The summed E-state index contributed by atoms with van der Waals surface area (Å²) in [5, 5.41) is 18.2. The first-order valence-electron chi connectivity index (χ1n) is 6.39. The van der Waals surface area contributed by atoms with Crippen LogP contribution >= 0.6 is 0 Å². The first kappa shape index (κ1) is 12.9. The molecule has 1 aliphatic carbocycles. The number of aliphatic hydroxyl groups is 1. The summed E-state index contributed by atoms with van der Waals surface area (Å²) in [5.74, 6) is 0.320. The van der Waals surface area contributed by atoms with Crippen LogP contribution in [0.4, 0.5) is 0 Å². The second-order valence-corrected chi connectivity index (χ2v) is 4.75. The van der Waals surface area contributed by atoms with E-state index in [9.17, 15) is 9.90 Å². The highest BCUT2D eigenvalue weighted by molar-refractivity contribution is 5.76. The quantitative estimate of drug-likeness (QED) is 0.806. The number of benzene rings is 1. The molecule has 0 aromatic heterocycles. The molecule has 2 N–H and O–H groups in total. The number of hydrogen-bond donors (Lipinski definition) is 2. The highest BCUT2D eigenvalue weighted by atomic mass is 16.3. The van der Waals surface area contributed by atoms with E-state index < -0.39 is 0 Å². The minimum Gasteiger partial charge on any atom is -0.508 e. The Morgan fingerprint density at radius 3 is 2.78 bits per heavy atom. The molecule has 0 unspecified atom stereocenters. The van der Waals surface area contributed by atoms with Crippen LogP contribution in [0.5, 0.6) is 5.75 Å². The van der Waals surface area contributed by atoms with Gasteiger partial charge in [-0.05, 0) is 37.0 Å². The molecule has 0 radical (unpaired) electrons. The van der Waals surface area contributed by atoms with E-state index in [1.165, 1.54) is 0 Å². The van der Waals surface area contributed by atoms with Crippen molar-refractivity contribution in [3.05, 3.63) is 29.8 Å². The number of amides is 1. The van der Waals surface area contributed by atoms with Crippen LogP contribution in [0.1, 0.15) is 31.2 Å². The van der Waals surface area contributed by atoms with Gasteiger partial charge in [-0.3, -0.25) is 4.79 Å². The molecule has 4 nitrogen and oxygen atoms in total. The van der Waals surface area contributed by atoms with Crippen LogP contribution in [0.15, 0.2) is 24.3 Å². The molecular formula is C14H19NO3. The molecule has 1 aromatic rings. The summed E-state index contributed by atoms with van der Waals surface area (Å²) in [7, 11) is 0. The first-order chi connectivity index (χ1) is 8.70. The highest BCUT2D eigenvalue weighted by Crippen LogP contribution is 2.29. The van der Waals surface area contributed by atoms with Gasteiger partial charge in [-0.1, -0.05) is 12.1 Å². The minimum absolute atomic E-state index is 0.0520. The summed E-state index contributed by atoms with van der Waals surface area (Å²) in [6.45, 7) is 0.597. The second-order valence-electron chi connectivity index (χ2n) is 4.75. The van der Waals surface area contributed by atoms with Gasteiger partial charge >= 0.3 is 0 Å². The third-order valence-corrected chi connectivity index (χ3v) is 3.12. The van der Waals surface area contributed by atoms with E-state index in [4.69, 9.17) is 5.11 Å². The molecule has 0 saturated heterocycles. The van der Waals surface area contributed by atoms with E-state index >= 15 is 0 Å². The third-order valence-electron chi connectivity index (χ3n) is 3.12. The molecule has 1 saturated carbocycles. The standard InChI is InChI=1S/C14H19NO3/c16-8-2-5-14(18)15(12-6-7-12)10-11-3-1-4-13(17)9-11/h1,3-4,9,12,16-17H,2,5-8,10H2. The van der Waals surface area contributed by atoms with Crippen molar-refractivity contribution in [3.8, 4) is 5.75 Å². The largest absolute Gasteiger partial charge is 0.508 e. The number of carbonyl (C=O) groups excluding carboxylic acids is 1. The Bertz CT molecular complexity index is 415. The number of phenolic OH excluding ortho intramolecular Hbond substituents is 1. The fourth-order valence-corrected chi connectivity index (χ4v) is 2.03. The molecule has 1 aliphatic rings. The fourth-order valence-electron chi connectivity index (χ4n) is 2.03. The third kappa shape index (κ3) is 3.47. The van der Waals surface area contributed by atoms with Crippen molar-refractivity contribution in [3.63, 3.8) is 0 Å². The Labute approximate surface area is 107 Å². The van der Waals surface area contributed by atoms with E-state index in [0.29, 0.717) is 25.4 Å².